The maximum atomic E-state index is 11.4. The molecular weight excluding hydrogens is 256 g/mol. The summed E-state index contributed by atoms with van der Waals surface area (Å²) < 4.78 is 10.8. The Morgan fingerprint density at radius 3 is 2.83 bits per heavy atom. The van der Waals surface area contributed by atoms with Gasteiger partial charge >= 0.3 is 0 Å². The zero-order chi connectivity index (χ0) is 12.7. The Balaban J connectivity index is 0.00000289. The van der Waals surface area contributed by atoms with Gasteiger partial charge in [0.15, 0.2) is 0 Å². The van der Waals surface area contributed by atoms with Gasteiger partial charge in [0, 0.05) is 25.1 Å². The molecule has 108 valence electrons. The third kappa shape index (κ3) is 8.69. The first kappa shape index (κ1) is 17.6. The largest absolute Gasteiger partial charge is 0.378 e. The Bertz CT molecular complexity index is 238. The highest BCUT2D eigenvalue weighted by atomic mass is 35.5. The Hall–Kier alpha value is -0.360. The molecule has 1 fully saturated rings. The molecule has 0 radical (unpaired) electrons. The number of ether oxygens (including phenoxy) is 2. The number of nitrogens with two attached hydrogens (primary N) is 1. The average molecular weight is 281 g/mol. The van der Waals surface area contributed by atoms with Gasteiger partial charge in [-0.1, -0.05) is 0 Å². The molecule has 1 aliphatic rings. The summed E-state index contributed by atoms with van der Waals surface area (Å²) in [6.07, 6.45) is 2.78. The summed E-state index contributed by atoms with van der Waals surface area (Å²) in [6.45, 7) is 6.10. The maximum absolute atomic E-state index is 11.4. The minimum Gasteiger partial charge on any atom is -0.378 e. The fourth-order valence-corrected chi connectivity index (χ4v) is 1.57. The van der Waals surface area contributed by atoms with Crippen LogP contribution in [0, 0.1) is 0 Å². The Labute approximate surface area is 115 Å². The Kier molecular flexibility index (Phi) is 8.52. The number of rotatable bonds is 7. The van der Waals surface area contributed by atoms with E-state index >= 15 is 0 Å². The predicted octanol–water partition coefficient (Wildman–Crippen LogP) is 0.847. The molecule has 0 saturated carbocycles. The molecule has 3 N–H and O–H groups in total. The van der Waals surface area contributed by atoms with Crippen LogP contribution in [-0.4, -0.2) is 43.9 Å². The third-order valence-electron chi connectivity index (χ3n) is 2.54. The van der Waals surface area contributed by atoms with Gasteiger partial charge < -0.3 is 20.5 Å². The summed E-state index contributed by atoms with van der Waals surface area (Å²) in [7, 11) is 0. The quantitative estimate of drug-likeness (QED) is 0.678. The van der Waals surface area contributed by atoms with Crippen LogP contribution in [0.5, 0.6) is 0 Å². The smallest absolute Gasteiger partial charge is 0.222 e. The highest BCUT2D eigenvalue weighted by Crippen LogP contribution is 2.11. The lowest BCUT2D eigenvalue weighted by Gasteiger charge is -2.18. The van der Waals surface area contributed by atoms with Gasteiger partial charge in [-0.05, 0) is 26.7 Å². The summed E-state index contributed by atoms with van der Waals surface area (Å²) in [5, 5.41) is 2.78. The van der Waals surface area contributed by atoms with Crippen LogP contribution >= 0.6 is 12.4 Å². The van der Waals surface area contributed by atoms with Crippen LogP contribution in [0.25, 0.3) is 0 Å². The Morgan fingerprint density at radius 2 is 2.28 bits per heavy atom. The van der Waals surface area contributed by atoms with Crippen molar-refractivity contribution in [2.75, 3.05) is 26.4 Å². The van der Waals surface area contributed by atoms with Gasteiger partial charge in [-0.25, -0.2) is 0 Å². The van der Waals surface area contributed by atoms with Crippen LogP contribution in [0.3, 0.4) is 0 Å². The number of carbonyl (C=O) groups excluding carboxylic acids is 1. The lowest BCUT2D eigenvalue weighted by atomic mass is 10.1. The van der Waals surface area contributed by atoms with Gasteiger partial charge in [0.1, 0.15) is 0 Å². The van der Waals surface area contributed by atoms with Gasteiger partial charge in [0.2, 0.25) is 5.91 Å². The van der Waals surface area contributed by atoms with Gasteiger partial charge in [0.25, 0.3) is 0 Å². The lowest BCUT2D eigenvalue weighted by molar-refractivity contribution is -0.122. The van der Waals surface area contributed by atoms with Gasteiger partial charge in [-0.2, -0.15) is 0 Å². The van der Waals surface area contributed by atoms with Crippen molar-refractivity contribution in [2.45, 2.75) is 44.8 Å². The van der Waals surface area contributed by atoms with E-state index in [0.29, 0.717) is 26.2 Å². The maximum Gasteiger partial charge on any atom is 0.222 e. The highest BCUT2D eigenvalue weighted by molar-refractivity contribution is 5.85. The molecule has 0 aliphatic carbocycles. The number of hydrogen-bond acceptors (Lipinski definition) is 4. The first-order valence-electron chi connectivity index (χ1n) is 6.22. The molecule has 6 heteroatoms. The first-order valence-corrected chi connectivity index (χ1v) is 6.22. The van der Waals surface area contributed by atoms with E-state index in [0.717, 1.165) is 19.4 Å². The van der Waals surface area contributed by atoms with Crippen molar-refractivity contribution in [2.24, 2.45) is 5.73 Å². The van der Waals surface area contributed by atoms with Crippen LogP contribution in [-0.2, 0) is 14.3 Å². The molecule has 18 heavy (non-hydrogen) atoms. The molecule has 1 atom stereocenters. The molecular formula is C12H25ClN2O3. The fourth-order valence-electron chi connectivity index (χ4n) is 1.57. The van der Waals surface area contributed by atoms with Crippen molar-refractivity contribution in [1.29, 1.82) is 0 Å². The van der Waals surface area contributed by atoms with Crippen LogP contribution in [0.1, 0.15) is 33.1 Å². The van der Waals surface area contributed by atoms with E-state index in [4.69, 9.17) is 15.2 Å². The van der Waals surface area contributed by atoms with Crippen LogP contribution in [0.4, 0.5) is 0 Å². The van der Waals surface area contributed by atoms with Crippen LogP contribution < -0.4 is 11.1 Å². The third-order valence-corrected chi connectivity index (χ3v) is 2.54. The summed E-state index contributed by atoms with van der Waals surface area (Å²) in [5.74, 6) is -0.0177. The van der Waals surface area contributed by atoms with Gasteiger partial charge in [-0.15, -0.1) is 12.4 Å². The fraction of sp³-hybridized carbons (Fsp3) is 0.917. The summed E-state index contributed by atoms with van der Waals surface area (Å²) in [5.41, 5.74) is 5.39. The van der Waals surface area contributed by atoms with Crippen LogP contribution in [0.2, 0.25) is 0 Å². The normalized spacial score (nSPS) is 19.4. The second kappa shape index (κ2) is 8.69. The topological polar surface area (TPSA) is 73.6 Å². The standard InChI is InChI=1S/C12H24N2O3.ClH/c1-12(2,13)9-14-11(15)5-7-16-8-10-4-3-6-17-10;/h10H,3-9,13H2,1-2H3,(H,14,15);1H. The second-order valence-electron chi connectivity index (χ2n) is 5.23. The van der Waals surface area contributed by atoms with E-state index in [1.807, 2.05) is 13.8 Å². The molecule has 0 aromatic carbocycles. The molecule has 5 nitrogen and oxygen atoms in total. The highest BCUT2D eigenvalue weighted by Gasteiger charge is 2.15. The van der Waals surface area contributed by atoms with Crippen molar-refractivity contribution in [3.63, 3.8) is 0 Å². The number of carbonyl (C=O) groups is 1. The molecule has 1 amide bonds. The second-order valence-corrected chi connectivity index (χ2v) is 5.23. The van der Waals surface area contributed by atoms with Crippen molar-refractivity contribution in [3.05, 3.63) is 0 Å². The van der Waals surface area contributed by atoms with E-state index < -0.39 is 0 Å². The van der Waals surface area contributed by atoms with E-state index in [1.54, 1.807) is 0 Å². The molecule has 0 aromatic rings. The number of hydrogen-bond donors (Lipinski definition) is 2. The minimum absolute atomic E-state index is 0. The monoisotopic (exact) mass is 280 g/mol. The zero-order valence-electron chi connectivity index (χ0n) is 11.2. The molecule has 1 aliphatic heterocycles. The summed E-state index contributed by atoms with van der Waals surface area (Å²) in [6, 6.07) is 0. The zero-order valence-corrected chi connectivity index (χ0v) is 12.1. The van der Waals surface area contributed by atoms with Crippen molar-refractivity contribution in [3.8, 4) is 0 Å². The molecule has 0 aromatic heterocycles. The van der Waals surface area contributed by atoms with Crippen molar-refractivity contribution in [1.82, 2.24) is 5.32 Å². The lowest BCUT2D eigenvalue weighted by Crippen LogP contribution is -2.45. The van der Waals surface area contributed by atoms with E-state index in [2.05, 4.69) is 5.32 Å². The first-order chi connectivity index (χ1) is 7.97. The van der Waals surface area contributed by atoms with E-state index in [1.165, 1.54) is 0 Å². The van der Waals surface area contributed by atoms with Crippen molar-refractivity contribution >= 4 is 18.3 Å². The van der Waals surface area contributed by atoms with Crippen LogP contribution in [0.15, 0.2) is 0 Å². The predicted molar refractivity (Wildman–Crippen MR) is 72.9 cm³/mol. The van der Waals surface area contributed by atoms with Gasteiger partial charge in [-0.3, -0.25) is 4.79 Å². The molecule has 1 unspecified atom stereocenters. The number of amides is 1. The Morgan fingerprint density at radius 1 is 1.56 bits per heavy atom. The number of nitrogens with one attached hydrogen (secondary N) is 1. The van der Waals surface area contributed by atoms with Gasteiger partial charge in [0.05, 0.1) is 19.3 Å². The van der Waals surface area contributed by atoms with E-state index in [9.17, 15) is 4.79 Å². The minimum atomic E-state index is -0.367. The molecule has 1 saturated heterocycles. The molecule has 0 bridgehead atoms. The number of halogens is 1. The average Bonchev–Trinajstić information content (AvgIpc) is 2.73. The molecule has 0 spiro atoms. The van der Waals surface area contributed by atoms with Crippen molar-refractivity contribution < 1.29 is 14.3 Å². The SMILES string of the molecule is CC(C)(N)CNC(=O)CCOCC1CCCO1.Cl. The summed E-state index contributed by atoms with van der Waals surface area (Å²) >= 11 is 0. The summed E-state index contributed by atoms with van der Waals surface area (Å²) in [4.78, 5) is 11.4. The molecule has 1 heterocycles. The molecule has 1 rings (SSSR count). The van der Waals surface area contributed by atoms with E-state index in [-0.39, 0.29) is 30.0 Å².